The van der Waals surface area contributed by atoms with Crippen LogP contribution in [0.15, 0.2) is 35.2 Å². The molecular formula is C10H16OSSi. The summed E-state index contributed by atoms with van der Waals surface area (Å²) in [5, 5.41) is 0. The minimum absolute atomic E-state index is 0.778. The van der Waals surface area contributed by atoms with E-state index in [4.69, 9.17) is 4.43 Å². The van der Waals surface area contributed by atoms with E-state index in [0.29, 0.717) is 0 Å². The van der Waals surface area contributed by atoms with Crippen LogP contribution >= 0.6 is 11.8 Å². The van der Waals surface area contributed by atoms with E-state index in [1.165, 1.54) is 4.90 Å². The first-order valence-electron chi connectivity index (χ1n) is 4.40. The molecule has 1 aromatic rings. The van der Waals surface area contributed by atoms with Crippen molar-refractivity contribution in [3.05, 3.63) is 30.3 Å². The fourth-order valence-corrected chi connectivity index (χ4v) is 2.93. The monoisotopic (exact) mass is 212 g/mol. The van der Waals surface area contributed by atoms with Gasteiger partial charge in [-0.3, -0.25) is 0 Å². The third kappa shape index (κ3) is 5.13. The number of hydrogen-bond acceptors (Lipinski definition) is 2. The Morgan fingerprint density at radius 3 is 2.31 bits per heavy atom. The van der Waals surface area contributed by atoms with E-state index in [2.05, 4.69) is 43.9 Å². The SMILES string of the molecule is C[Si](C)(C)OCSc1ccccc1. The Morgan fingerprint density at radius 1 is 1.15 bits per heavy atom. The van der Waals surface area contributed by atoms with Crippen molar-refractivity contribution in [2.45, 2.75) is 24.5 Å². The Balaban J connectivity index is 2.29. The predicted octanol–water partition coefficient (Wildman–Crippen LogP) is 3.59. The highest BCUT2D eigenvalue weighted by atomic mass is 32.2. The molecule has 0 unspecified atom stereocenters. The fraction of sp³-hybridized carbons (Fsp3) is 0.400. The van der Waals surface area contributed by atoms with Gasteiger partial charge in [-0.05, 0) is 31.8 Å². The van der Waals surface area contributed by atoms with Gasteiger partial charge in [0.15, 0.2) is 8.32 Å². The van der Waals surface area contributed by atoms with Crippen LogP contribution in [-0.2, 0) is 4.43 Å². The van der Waals surface area contributed by atoms with E-state index in [0.717, 1.165) is 5.94 Å². The lowest BCUT2D eigenvalue weighted by Crippen LogP contribution is -2.24. The van der Waals surface area contributed by atoms with Gasteiger partial charge in [-0.15, -0.1) is 0 Å². The molecule has 13 heavy (non-hydrogen) atoms. The Hall–Kier alpha value is -0.253. The molecule has 0 saturated carbocycles. The number of benzene rings is 1. The van der Waals surface area contributed by atoms with E-state index in [9.17, 15) is 0 Å². The maximum Gasteiger partial charge on any atom is 0.184 e. The van der Waals surface area contributed by atoms with Gasteiger partial charge in [0.2, 0.25) is 0 Å². The molecule has 0 aliphatic carbocycles. The summed E-state index contributed by atoms with van der Waals surface area (Å²) in [7, 11) is -1.33. The van der Waals surface area contributed by atoms with Crippen molar-refractivity contribution in [2.75, 3.05) is 5.94 Å². The third-order valence-electron chi connectivity index (χ3n) is 1.46. The Morgan fingerprint density at radius 2 is 1.77 bits per heavy atom. The molecule has 1 nitrogen and oxygen atoms in total. The van der Waals surface area contributed by atoms with Crippen LogP contribution in [-0.4, -0.2) is 14.3 Å². The minimum atomic E-state index is -1.33. The lowest BCUT2D eigenvalue weighted by molar-refractivity contribution is 0.388. The predicted molar refractivity (Wildman–Crippen MR) is 61.6 cm³/mol. The van der Waals surface area contributed by atoms with Gasteiger partial charge in [-0.1, -0.05) is 30.0 Å². The van der Waals surface area contributed by atoms with E-state index in [-0.39, 0.29) is 0 Å². The van der Waals surface area contributed by atoms with Crippen molar-refractivity contribution in [1.82, 2.24) is 0 Å². The second-order valence-electron chi connectivity index (χ2n) is 3.83. The zero-order chi connectivity index (χ0) is 9.73. The summed E-state index contributed by atoms with van der Waals surface area (Å²) in [5.41, 5.74) is 0. The molecule has 1 aromatic carbocycles. The molecule has 0 saturated heterocycles. The Labute approximate surface area is 85.6 Å². The maximum atomic E-state index is 5.74. The molecule has 0 spiro atoms. The smallest absolute Gasteiger partial charge is 0.184 e. The van der Waals surface area contributed by atoms with Crippen molar-refractivity contribution in [3.63, 3.8) is 0 Å². The molecule has 0 aliphatic rings. The van der Waals surface area contributed by atoms with Crippen molar-refractivity contribution >= 4 is 20.1 Å². The fourth-order valence-electron chi connectivity index (χ4n) is 0.791. The highest BCUT2D eigenvalue weighted by Gasteiger charge is 2.13. The van der Waals surface area contributed by atoms with Gasteiger partial charge in [0.1, 0.15) is 0 Å². The summed E-state index contributed by atoms with van der Waals surface area (Å²) in [6.07, 6.45) is 0. The summed E-state index contributed by atoms with van der Waals surface area (Å²) in [4.78, 5) is 1.28. The van der Waals surface area contributed by atoms with E-state index >= 15 is 0 Å². The summed E-state index contributed by atoms with van der Waals surface area (Å²) in [5.74, 6) is 0.778. The van der Waals surface area contributed by atoms with Crippen LogP contribution in [0, 0.1) is 0 Å². The van der Waals surface area contributed by atoms with Crippen molar-refractivity contribution in [2.24, 2.45) is 0 Å². The molecule has 1 rings (SSSR count). The number of rotatable bonds is 4. The van der Waals surface area contributed by atoms with Gasteiger partial charge in [0, 0.05) is 4.90 Å². The first-order valence-corrected chi connectivity index (χ1v) is 8.79. The van der Waals surface area contributed by atoms with Crippen molar-refractivity contribution < 1.29 is 4.43 Å². The molecule has 0 atom stereocenters. The van der Waals surface area contributed by atoms with Crippen LogP contribution in [0.5, 0.6) is 0 Å². The molecule has 0 bridgehead atoms. The van der Waals surface area contributed by atoms with Gasteiger partial charge in [0.05, 0.1) is 5.94 Å². The van der Waals surface area contributed by atoms with Crippen LogP contribution in [0.1, 0.15) is 0 Å². The van der Waals surface area contributed by atoms with E-state index < -0.39 is 8.32 Å². The standard InChI is InChI=1S/C10H16OSSi/c1-13(2,3)11-9-12-10-7-5-4-6-8-10/h4-8H,9H2,1-3H3. The molecule has 0 aromatic heterocycles. The van der Waals surface area contributed by atoms with Crippen molar-refractivity contribution in [3.8, 4) is 0 Å². The second-order valence-corrected chi connectivity index (χ2v) is 9.34. The van der Waals surface area contributed by atoms with Gasteiger partial charge in [-0.2, -0.15) is 0 Å². The molecule has 0 aliphatic heterocycles. The summed E-state index contributed by atoms with van der Waals surface area (Å²) < 4.78 is 5.74. The van der Waals surface area contributed by atoms with Crippen LogP contribution in [0.25, 0.3) is 0 Å². The number of thioether (sulfide) groups is 1. The topological polar surface area (TPSA) is 9.23 Å². The summed E-state index contributed by atoms with van der Waals surface area (Å²) >= 11 is 1.76. The van der Waals surface area contributed by atoms with Crippen LogP contribution in [0.4, 0.5) is 0 Å². The minimum Gasteiger partial charge on any atom is -0.408 e. The molecule has 0 radical (unpaired) electrons. The van der Waals surface area contributed by atoms with Gasteiger partial charge >= 0.3 is 0 Å². The molecule has 0 N–H and O–H groups in total. The normalized spacial score (nSPS) is 11.6. The highest BCUT2D eigenvalue weighted by molar-refractivity contribution is 7.99. The van der Waals surface area contributed by atoms with Crippen LogP contribution in [0.2, 0.25) is 19.6 Å². The summed E-state index contributed by atoms with van der Waals surface area (Å²) in [6.45, 7) is 6.62. The Bertz CT molecular complexity index is 243. The molecule has 72 valence electrons. The van der Waals surface area contributed by atoms with Gasteiger partial charge < -0.3 is 4.43 Å². The average Bonchev–Trinajstić information content (AvgIpc) is 2.04. The lowest BCUT2D eigenvalue weighted by atomic mass is 10.4. The van der Waals surface area contributed by atoms with E-state index in [1.54, 1.807) is 11.8 Å². The first kappa shape index (κ1) is 10.8. The Kier molecular flexibility index (Phi) is 4.03. The van der Waals surface area contributed by atoms with Gasteiger partial charge in [-0.25, -0.2) is 0 Å². The van der Waals surface area contributed by atoms with Crippen molar-refractivity contribution in [1.29, 1.82) is 0 Å². The quantitative estimate of drug-likeness (QED) is 0.428. The highest BCUT2D eigenvalue weighted by Crippen LogP contribution is 2.18. The molecule has 0 amide bonds. The molecular weight excluding hydrogens is 196 g/mol. The maximum absolute atomic E-state index is 5.74. The van der Waals surface area contributed by atoms with Crippen LogP contribution < -0.4 is 0 Å². The van der Waals surface area contributed by atoms with E-state index in [1.807, 2.05) is 6.07 Å². The molecule has 3 heteroatoms. The largest absolute Gasteiger partial charge is 0.408 e. The second kappa shape index (κ2) is 4.84. The summed E-state index contributed by atoms with van der Waals surface area (Å²) in [6, 6.07) is 10.4. The average molecular weight is 212 g/mol. The van der Waals surface area contributed by atoms with Crippen LogP contribution in [0.3, 0.4) is 0 Å². The molecule has 0 fully saturated rings. The lowest BCUT2D eigenvalue weighted by Gasteiger charge is -2.16. The zero-order valence-corrected chi connectivity index (χ0v) is 10.2. The molecule has 0 heterocycles. The van der Waals surface area contributed by atoms with Gasteiger partial charge in [0.25, 0.3) is 0 Å². The zero-order valence-electron chi connectivity index (χ0n) is 8.41. The third-order valence-corrected chi connectivity index (χ3v) is 3.52. The first-order chi connectivity index (χ1) is 6.08. The number of hydrogen-bond donors (Lipinski definition) is 0.